The van der Waals surface area contributed by atoms with E-state index >= 15 is 0 Å². The van der Waals surface area contributed by atoms with E-state index in [2.05, 4.69) is 30.9 Å². The van der Waals surface area contributed by atoms with E-state index in [1.54, 1.807) is 6.07 Å². The monoisotopic (exact) mass is 299 g/mol. The summed E-state index contributed by atoms with van der Waals surface area (Å²) in [5, 5.41) is 0.466. The first kappa shape index (κ1) is 11.3. The summed E-state index contributed by atoms with van der Waals surface area (Å²) < 4.78 is 6.05. The molecule has 2 aromatic heterocycles. The van der Waals surface area contributed by atoms with Crippen LogP contribution in [0.15, 0.2) is 29.1 Å². The van der Waals surface area contributed by atoms with Gasteiger partial charge in [0.05, 0.1) is 17.4 Å². The fourth-order valence-corrected chi connectivity index (χ4v) is 1.63. The van der Waals surface area contributed by atoms with Crippen molar-refractivity contribution >= 4 is 27.5 Å². The molecular formula is C10H7BrClN3O. The lowest BCUT2D eigenvalue weighted by Crippen LogP contribution is -1.93. The predicted octanol–water partition coefficient (Wildman–Crippen LogP) is 3.39. The summed E-state index contributed by atoms with van der Waals surface area (Å²) in [4.78, 5) is 12.0. The minimum absolute atomic E-state index is 0.232. The largest absolute Gasteiger partial charge is 0.421 e. The molecule has 0 amide bonds. The van der Waals surface area contributed by atoms with Crippen LogP contribution in [0.2, 0.25) is 5.02 Å². The van der Waals surface area contributed by atoms with Crippen molar-refractivity contribution in [1.82, 2.24) is 15.0 Å². The van der Waals surface area contributed by atoms with Crippen LogP contribution in [0.3, 0.4) is 0 Å². The van der Waals surface area contributed by atoms with Gasteiger partial charge in [-0.3, -0.25) is 0 Å². The van der Waals surface area contributed by atoms with Crippen LogP contribution in [0.5, 0.6) is 11.8 Å². The summed E-state index contributed by atoms with van der Waals surface area (Å²) in [6.45, 7) is 1.90. The zero-order valence-electron chi connectivity index (χ0n) is 8.32. The van der Waals surface area contributed by atoms with Gasteiger partial charge in [0.15, 0.2) is 5.75 Å². The molecule has 6 heteroatoms. The smallest absolute Gasteiger partial charge is 0.322 e. The number of hydrogen-bond acceptors (Lipinski definition) is 4. The molecule has 0 aromatic carbocycles. The highest BCUT2D eigenvalue weighted by molar-refractivity contribution is 9.10. The predicted molar refractivity (Wildman–Crippen MR) is 63.8 cm³/mol. The molecule has 0 aliphatic carbocycles. The zero-order valence-corrected chi connectivity index (χ0v) is 10.7. The zero-order chi connectivity index (χ0) is 11.5. The van der Waals surface area contributed by atoms with E-state index in [-0.39, 0.29) is 6.01 Å². The third kappa shape index (κ3) is 2.68. The molecule has 16 heavy (non-hydrogen) atoms. The SMILES string of the molecule is Cc1ccc(Oc2ncc(Cl)cn2)c(Br)n1. The van der Waals surface area contributed by atoms with E-state index in [1.807, 2.05) is 13.0 Å². The van der Waals surface area contributed by atoms with Gasteiger partial charge < -0.3 is 4.74 Å². The molecule has 0 spiro atoms. The summed E-state index contributed by atoms with van der Waals surface area (Å²) in [5.74, 6) is 0.563. The van der Waals surface area contributed by atoms with Gasteiger partial charge in [0.25, 0.3) is 0 Å². The number of aromatic nitrogens is 3. The number of pyridine rings is 1. The number of hydrogen-bond donors (Lipinski definition) is 0. The molecule has 2 rings (SSSR count). The molecule has 0 saturated heterocycles. The fourth-order valence-electron chi connectivity index (χ4n) is 1.04. The van der Waals surface area contributed by atoms with Gasteiger partial charge in [-0.15, -0.1) is 0 Å². The van der Waals surface area contributed by atoms with Crippen molar-refractivity contribution < 1.29 is 4.74 Å². The van der Waals surface area contributed by atoms with Crippen LogP contribution >= 0.6 is 27.5 Å². The molecule has 0 atom stereocenters. The van der Waals surface area contributed by atoms with Crippen LogP contribution in [-0.2, 0) is 0 Å². The van der Waals surface area contributed by atoms with E-state index in [0.717, 1.165) is 5.69 Å². The van der Waals surface area contributed by atoms with Crippen LogP contribution < -0.4 is 4.74 Å². The average Bonchev–Trinajstić information content (AvgIpc) is 2.25. The number of halogens is 2. The Balaban J connectivity index is 2.23. The van der Waals surface area contributed by atoms with Crippen molar-refractivity contribution in [3.05, 3.63) is 39.8 Å². The van der Waals surface area contributed by atoms with Crippen molar-refractivity contribution in [3.8, 4) is 11.8 Å². The Hall–Kier alpha value is -1.20. The van der Waals surface area contributed by atoms with E-state index in [0.29, 0.717) is 15.4 Å². The van der Waals surface area contributed by atoms with Gasteiger partial charge in [0, 0.05) is 5.69 Å². The van der Waals surface area contributed by atoms with Crippen LogP contribution in [0, 0.1) is 6.92 Å². The maximum atomic E-state index is 5.66. The highest BCUT2D eigenvalue weighted by atomic mass is 79.9. The highest BCUT2D eigenvalue weighted by Gasteiger charge is 2.05. The molecule has 2 aromatic rings. The lowest BCUT2D eigenvalue weighted by atomic mass is 10.4. The summed E-state index contributed by atoms with van der Waals surface area (Å²) in [7, 11) is 0. The minimum Gasteiger partial charge on any atom is -0.421 e. The molecule has 2 heterocycles. The number of aryl methyl sites for hydroxylation is 1. The quantitative estimate of drug-likeness (QED) is 0.798. The lowest BCUT2D eigenvalue weighted by molar-refractivity contribution is 0.436. The molecule has 0 aliphatic rings. The molecule has 82 valence electrons. The maximum Gasteiger partial charge on any atom is 0.322 e. The van der Waals surface area contributed by atoms with Crippen molar-refractivity contribution in [2.24, 2.45) is 0 Å². The molecule has 0 fully saturated rings. The molecule has 4 nitrogen and oxygen atoms in total. The molecule has 0 unspecified atom stereocenters. The van der Waals surface area contributed by atoms with Gasteiger partial charge >= 0.3 is 6.01 Å². The van der Waals surface area contributed by atoms with Gasteiger partial charge in [0.2, 0.25) is 0 Å². The summed E-state index contributed by atoms with van der Waals surface area (Å²) in [5.41, 5.74) is 0.899. The first-order valence-corrected chi connectivity index (χ1v) is 5.61. The van der Waals surface area contributed by atoms with Gasteiger partial charge in [-0.1, -0.05) is 11.6 Å². The maximum absolute atomic E-state index is 5.66. The molecule has 0 saturated carbocycles. The van der Waals surface area contributed by atoms with Crippen molar-refractivity contribution in [1.29, 1.82) is 0 Å². The fraction of sp³-hybridized carbons (Fsp3) is 0.100. The second-order valence-corrected chi connectivity index (χ2v) is 4.22. The third-order valence-electron chi connectivity index (χ3n) is 1.75. The Morgan fingerprint density at radius 1 is 1.25 bits per heavy atom. The van der Waals surface area contributed by atoms with Gasteiger partial charge in [-0.25, -0.2) is 15.0 Å². The minimum atomic E-state index is 0.232. The van der Waals surface area contributed by atoms with Crippen LogP contribution in [0.4, 0.5) is 0 Å². The lowest BCUT2D eigenvalue weighted by Gasteiger charge is -2.05. The Kier molecular flexibility index (Phi) is 3.36. The second-order valence-electron chi connectivity index (χ2n) is 3.03. The average molecular weight is 301 g/mol. The molecule has 0 radical (unpaired) electrons. The Bertz CT molecular complexity index is 504. The van der Waals surface area contributed by atoms with E-state index in [4.69, 9.17) is 16.3 Å². The Labute approximate surface area is 106 Å². The summed E-state index contributed by atoms with van der Waals surface area (Å²) in [6, 6.07) is 3.87. The van der Waals surface area contributed by atoms with Crippen LogP contribution in [-0.4, -0.2) is 15.0 Å². The Morgan fingerprint density at radius 2 is 1.94 bits per heavy atom. The third-order valence-corrected chi connectivity index (χ3v) is 2.51. The van der Waals surface area contributed by atoms with Crippen molar-refractivity contribution in [2.45, 2.75) is 6.92 Å². The van der Waals surface area contributed by atoms with Crippen molar-refractivity contribution in [3.63, 3.8) is 0 Å². The number of nitrogens with zero attached hydrogens (tertiary/aromatic N) is 3. The number of ether oxygens (including phenoxy) is 1. The van der Waals surface area contributed by atoms with Crippen LogP contribution in [0.25, 0.3) is 0 Å². The first-order chi connectivity index (χ1) is 7.65. The summed E-state index contributed by atoms with van der Waals surface area (Å²) >= 11 is 8.97. The van der Waals surface area contributed by atoms with E-state index in [1.165, 1.54) is 12.4 Å². The van der Waals surface area contributed by atoms with Gasteiger partial charge in [-0.05, 0) is 35.0 Å². The van der Waals surface area contributed by atoms with E-state index < -0.39 is 0 Å². The standard InChI is InChI=1S/C10H7BrClN3O/c1-6-2-3-8(9(11)15-6)16-10-13-4-7(12)5-14-10/h2-5H,1H3. The molecular weight excluding hydrogens is 293 g/mol. The Morgan fingerprint density at radius 3 is 2.56 bits per heavy atom. The second kappa shape index (κ2) is 4.76. The summed E-state index contributed by atoms with van der Waals surface area (Å²) in [6.07, 6.45) is 2.94. The molecule has 0 bridgehead atoms. The van der Waals surface area contributed by atoms with Crippen LogP contribution in [0.1, 0.15) is 5.69 Å². The van der Waals surface area contributed by atoms with E-state index in [9.17, 15) is 0 Å². The van der Waals surface area contributed by atoms with Crippen molar-refractivity contribution in [2.75, 3.05) is 0 Å². The number of rotatable bonds is 2. The molecule has 0 aliphatic heterocycles. The first-order valence-electron chi connectivity index (χ1n) is 4.44. The molecule has 0 N–H and O–H groups in total. The van der Waals surface area contributed by atoms with Gasteiger partial charge in [-0.2, -0.15) is 0 Å². The normalized spacial score (nSPS) is 10.2. The topological polar surface area (TPSA) is 47.9 Å². The van der Waals surface area contributed by atoms with Gasteiger partial charge in [0.1, 0.15) is 4.60 Å². The highest BCUT2D eigenvalue weighted by Crippen LogP contribution is 2.26.